The maximum Gasteiger partial charge on any atom is 0.131 e. The second-order valence-electron chi connectivity index (χ2n) is 3.92. The molecule has 3 rings (SSSR count). The highest BCUT2D eigenvalue weighted by Crippen LogP contribution is 2.39. The molecule has 2 unspecified atom stereocenters. The fraction of sp³-hybridized carbons (Fsp3) is 0.500. The Kier molecular flexibility index (Phi) is 1.83. The maximum atomic E-state index is 5.68. The molecule has 1 aromatic heterocycles. The number of thioether (sulfide) groups is 1. The van der Waals surface area contributed by atoms with Crippen LogP contribution in [-0.4, -0.2) is 28.6 Å². The lowest BCUT2D eigenvalue weighted by Crippen LogP contribution is -2.34. The molecule has 3 nitrogen and oxygen atoms in total. The second kappa shape index (κ2) is 3.05. The zero-order chi connectivity index (χ0) is 9.54. The number of nitrogens with two attached hydrogens (primary N) is 1. The molecule has 0 amide bonds. The SMILES string of the molecule is Nc1cccc(N2CC3CC2CS3)n1. The van der Waals surface area contributed by atoms with Gasteiger partial charge in [0.15, 0.2) is 0 Å². The Morgan fingerprint density at radius 2 is 2.43 bits per heavy atom. The number of anilines is 2. The van der Waals surface area contributed by atoms with Crippen LogP contribution in [0.1, 0.15) is 6.42 Å². The zero-order valence-corrected chi connectivity index (χ0v) is 8.70. The number of hydrogen-bond donors (Lipinski definition) is 1. The van der Waals surface area contributed by atoms with Crippen molar-refractivity contribution in [3.63, 3.8) is 0 Å². The van der Waals surface area contributed by atoms with E-state index in [1.165, 1.54) is 12.2 Å². The standard InChI is InChI=1S/C10H13N3S/c11-9-2-1-3-10(12-9)13-5-8-4-7(13)6-14-8/h1-3,7-8H,4-6H2,(H2,11,12). The summed E-state index contributed by atoms with van der Waals surface area (Å²) < 4.78 is 0. The first-order chi connectivity index (χ1) is 6.83. The van der Waals surface area contributed by atoms with Crippen molar-refractivity contribution in [2.45, 2.75) is 17.7 Å². The second-order valence-corrected chi connectivity index (χ2v) is 5.25. The third kappa shape index (κ3) is 1.25. The van der Waals surface area contributed by atoms with Crippen LogP contribution in [0.4, 0.5) is 11.6 Å². The van der Waals surface area contributed by atoms with Crippen LogP contribution in [0, 0.1) is 0 Å². The number of fused-ring (bicyclic) bond motifs is 2. The fourth-order valence-electron chi connectivity index (χ4n) is 2.28. The Bertz CT molecular complexity index is 355. The van der Waals surface area contributed by atoms with Gasteiger partial charge in [0.05, 0.1) is 0 Å². The number of rotatable bonds is 1. The van der Waals surface area contributed by atoms with Gasteiger partial charge in [0, 0.05) is 23.6 Å². The lowest BCUT2D eigenvalue weighted by Gasteiger charge is -2.27. The van der Waals surface area contributed by atoms with E-state index in [4.69, 9.17) is 5.73 Å². The molecule has 2 N–H and O–H groups in total. The van der Waals surface area contributed by atoms with Gasteiger partial charge in [0.2, 0.25) is 0 Å². The molecule has 74 valence electrons. The molecule has 0 radical (unpaired) electrons. The summed E-state index contributed by atoms with van der Waals surface area (Å²) >= 11 is 2.09. The van der Waals surface area contributed by atoms with Gasteiger partial charge in [-0.1, -0.05) is 6.07 Å². The van der Waals surface area contributed by atoms with Crippen molar-refractivity contribution in [3.05, 3.63) is 18.2 Å². The van der Waals surface area contributed by atoms with E-state index in [1.54, 1.807) is 0 Å². The summed E-state index contributed by atoms with van der Waals surface area (Å²) in [6.45, 7) is 1.14. The minimum atomic E-state index is 0.623. The molecule has 14 heavy (non-hydrogen) atoms. The molecule has 4 heteroatoms. The molecule has 2 fully saturated rings. The zero-order valence-electron chi connectivity index (χ0n) is 7.89. The third-order valence-electron chi connectivity index (χ3n) is 2.95. The Labute approximate surface area is 87.7 Å². The molecule has 2 aliphatic rings. The smallest absolute Gasteiger partial charge is 0.131 e. The highest BCUT2D eigenvalue weighted by molar-refractivity contribution is 8.00. The molecule has 2 aliphatic heterocycles. The monoisotopic (exact) mass is 207 g/mol. The first kappa shape index (κ1) is 8.41. The fourth-order valence-corrected chi connectivity index (χ4v) is 3.71. The van der Waals surface area contributed by atoms with Gasteiger partial charge < -0.3 is 10.6 Å². The summed E-state index contributed by atoms with van der Waals surface area (Å²) in [4.78, 5) is 6.77. The Morgan fingerprint density at radius 1 is 1.50 bits per heavy atom. The van der Waals surface area contributed by atoms with Crippen molar-refractivity contribution in [1.29, 1.82) is 0 Å². The Morgan fingerprint density at radius 3 is 3.07 bits per heavy atom. The van der Waals surface area contributed by atoms with Gasteiger partial charge >= 0.3 is 0 Å². The summed E-state index contributed by atoms with van der Waals surface area (Å²) in [5, 5.41) is 0.822. The van der Waals surface area contributed by atoms with Gasteiger partial charge in [0.1, 0.15) is 11.6 Å². The van der Waals surface area contributed by atoms with Crippen molar-refractivity contribution in [3.8, 4) is 0 Å². The van der Waals surface area contributed by atoms with Crippen molar-refractivity contribution in [2.24, 2.45) is 0 Å². The van der Waals surface area contributed by atoms with Crippen molar-refractivity contribution < 1.29 is 0 Å². The number of hydrogen-bond acceptors (Lipinski definition) is 4. The minimum absolute atomic E-state index is 0.623. The molecular formula is C10H13N3S. The van der Waals surface area contributed by atoms with Gasteiger partial charge in [-0.3, -0.25) is 0 Å². The first-order valence-electron chi connectivity index (χ1n) is 4.94. The Balaban J connectivity index is 1.89. The number of pyridine rings is 1. The van der Waals surface area contributed by atoms with Crippen LogP contribution in [0.3, 0.4) is 0 Å². The highest BCUT2D eigenvalue weighted by Gasteiger charge is 2.38. The molecule has 0 spiro atoms. The van der Waals surface area contributed by atoms with Crippen LogP contribution in [0.5, 0.6) is 0 Å². The van der Waals surface area contributed by atoms with Gasteiger partial charge in [-0.15, -0.1) is 0 Å². The minimum Gasteiger partial charge on any atom is -0.384 e. The van der Waals surface area contributed by atoms with Crippen LogP contribution in [-0.2, 0) is 0 Å². The topological polar surface area (TPSA) is 42.1 Å². The van der Waals surface area contributed by atoms with Gasteiger partial charge in [0.25, 0.3) is 0 Å². The normalized spacial score (nSPS) is 29.9. The lowest BCUT2D eigenvalue weighted by molar-refractivity contribution is 0.753. The van der Waals surface area contributed by atoms with Gasteiger partial charge in [-0.05, 0) is 18.6 Å². The molecule has 0 saturated carbocycles. The molecular weight excluding hydrogens is 194 g/mol. The third-order valence-corrected chi connectivity index (χ3v) is 4.34. The van der Waals surface area contributed by atoms with Crippen LogP contribution in [0.25, 0.3) is 0 Å². The highest BCUT2D eigenvalue weighted by atomic mass is 32.2. The molecule has 2 bridgehead atoms. The van der Waals surface area contributed by atoms with Crippen LogP contribution in [0.2, 0.25) is 0 Å². The van der Waals surface area contributed by atoms with E-state index in [1.807, 2.05) is 12.1 Å². The molecule has 1 aromatic rings. The Hall–Kier alpha value is -0.900. The van der Waals surface area contributed by atoms with Gasteiger partial charge in [-0.25, -0.2) is 4.98 Å². The van der Waals surface area contributed by atoms with Crippen molar-refractivity contribution >= 4 is 23.4 Å². The van der Waals surface area contributed by atoms with E-state index >= 15 is 0 Å². The largest absolute Gasteiger partial charge is 0.384 e. The van der Waals surface area contributed by atoms with Crippen LogP contribution < -0.4 is 10.6 Å². The number of nitrogens with zero attached hydrogens (tertiary/aromatic N) is 2. The molecule has 2 saturated heterocycles. The van der Waals surface area contributed by atoms with Crippen LogP contribution in [0.15, 0.2) is 18.2 Å². The molecule has 3 heterocycles. The number of nitrogen functional groups attached to an aromatic ring is 1. The number of aromatic nitrogens is 1. The predicted molar refractivity (Wildman–Crippen MR) is 60.6 cm³/mol. The summed E-state index contributed by atoms with van der Waals surface area (Å²) in [5.74, 6) is 2.93. The van der Waals surface area contributed by atoms with Crippen LogP contribution >= 0.6 is 11.8 Å². The lowest BCUT2D eigenvalue weighted by atomic mass is 10.2. The van der Waals surface area contributed by atoms with Gasteiger partial charge in [-0.2, -0.15) is 11.8 Å². The van der Waals surface area contributed by atoms with E-state index in [0.717, 1.165) is 17.6 Å². The summed E-state index contributed by atoms with van der Waals surface area (Å²) in [6, 6.07) is 6.57. The predicted octanol–water partition coefficient (Wildman–Crippen LogP) is 1.36. The van der Waals surface area contributed by atoms with E-state index in [2.05, 4.69) is 27.7 Å². The summed E-state index contributed by atoms with van der Waals surface area (Å²) in [7, 11) is 0. The maximum absolute atomic E-state index is 5.68. The molecule has 0 aliphatic carbocycles. The summed E-state index contributed by atoms with van der Waals surface area (Å²) in [5.41, 5.74) is 5.68. The first-order valence-corrected chi connectivity index (χ1v) is 5.98. The van der Waals surface area contributed by atoms with E-state index in [9.17, 15) is 0 Å². The van der Waals surface area contributed by atoms with Crippen molar-refractivity contribution in [2.75, 3.05) is 22.9 Å². The van der Waals surface area contributed by atoms with Crippen molar-refractivity contribution in [1.82, 2.24) is 4.98 Å². The van der Waals surface area contributed by atoms with E-state index in [-0.39, 0.29) is 0 Å². The quantitative estimate of drug-likeness (QED) is 0.755. The average molecular weight is 207 g/mol. The molecule has 2 atom stereocenters. The summed E-state index contributed by atoms with van der Waals surface area (Å²) in [6.07, 6.45) is 1.32. The van der Waals surface area contributed by atoms with E-state index in [0.29, 0.717) is 11.9 Å². The molecule has 0 aromatic carbocycles. The average Bonchev–Trinajstić information content (AvgIpc) is 2.78. The van der Waals surface area contributed by atoms with E-state index < -0.39 is 0 Å².